The number of fused-ring (bicyclic) bond motifs is 1. The van der Waals surface area contributed by atoms with Gasteiger partial charge in [-0.25, -0.2) is 4.39 Å². The smallest absolute Gasteiger partial charge is 0.224 e. The molecule has 0 saturated heterocycles. The van der Waals surface area contributed by atoms with Gasteiger partial charge in [-0.15, -0.1) is 11.3 Å². The van der Waals surface area contributed by atoms with Crippen LogP contribution < -0.4 is 10.6 Å². The number of aryl methyl sites for hydroxylation is 1. The van der Waals surface area contributed by atoms with Crippen molar-refractivity contribution in [2.75, 3.05) is 10.6 Å². The Bertz CT molecular complexity index is 640. The molecule has 1 amide bonds. The zero-order valence-electron chi connectivity index (χ0n) is 11.1. The third kappa shape index (κ3) is 2.54. The molecule has 5 heteroatoms. The van der Waals surface area contributed by atoms with E-state index < -0.39 is 0 Å². The molecule has 1 aromatic heterocycles. The molecule has 2 N–H and O–H groups in total. The van der Waals surface area contributed by atoms with Gasteiger partial charge in [0.15, 0.2) is 0 Å². The molecule has 0 bridgehead atoms. The second-order valence-corrected chi connectivity index (χ2v) is 5.90. The molecule has 1 atom stereocenters. The molecule has 1 aliphatic rings. The van der Waals surface area contributed by atoms with Gasteiger partial charge in [0.25, 0.3) is 0 Å². The van der Waals surface area contributed by atoms with Crippen LogP contribution >= 0.6 is 11.3 Å². The van der Waals surface area contributed by atoms with Crippen molar-refractivity contribution in [3.05, 3.63) is 45.9 Å². The minimum Gasteiger partial charge on any atom is -0.375 e. The summed E-state index contributed by atoms with van der Waals surface area (Å²) in [6.07, 6.45) is 1.02. The van der Waals surface area contributed by atoms with Gasteiger partial charge in [0.1, 0.15) is 5.82 Å². The van der Waals surface area contributed by atoms with Crippen LogP contribution in [-0.2, 0) is 11.2 Å². The monoisotopic (exact) mass is 290 g/mol. The van der Waals surface area contributed by atoms with Gasteiger partial charge < -0.3 is 10.6 Å². The largest absolute Gasteiger partial charge is 0.375 e. The maximum atomic E-state index is 14.1. The number of halogens is 1. The van der Waals surface area contributed by atoms with Crippen LogP contribution in [0.1, 0.15) is 29.8 Å². The average molecular weight is 290 g/mol. The lowest BCUT2D eigenvalue weighted by atomic mass is 10.0. The van der Waals surface area contributed by atoms with E-state index in [-0.39, 0.29) is 17.8 Å². The summed E-state index contributed by atoms with van der Waals surface area (Å²) in [7, 11) is 0. The Labute approximate surface area is 120 Å². The predicted octanol–water partition coefficient (Wildman–Crippen LogP) is 3.95. The summed E-state index contributed by atoms with van der Waals surface area (Å²) in [5.41, 5.74) is 1.99. The SMILES string of the molecule is CC(Nc1cc2c(cc1F)CCC(=O)N2)c1cccs1. The van der Waals surface area contributed by atoms with E-state index in [1.165, 1.54) is 6.07 Å². The van der Waals surface area contributed by atoms with Gasteiger partial charge in [0, 0.05) is 17.0 Å². The molecule has 1 aromatic carbocycles. The molecule has 1 aliphatic heterocycles. The Morgan fingerprint density at radius 2 is 2.25 bits per heavy atom. The molecule has 0 spiro atoms. The Morgan fingerprint density at radius 1 is 1.40 bits per heavy atom. The maximum absolute atomic E-state index is 14.1. The van der Waals surface area contributed by atoms with E-state index in [4.69, 9.17) is 0 Å². The lowest BCUT2D eigenvalue weighted by Crippen LogP contribution is -2.19. The summed E-state index contributed by atoms with van der Waals surface area (Å²) in [4.78, 5) is 12.6. The Morgan fingerprint density at radius 3 is 3.00 bits per heavy atom. The van der Waals surface area contributed by atoms with Gasteiger partial charge in [-0.1, -0.05) is 6.07 Å². The topological polar surface area (TPSA) is 41.1 Å². The molecule has 3 rings (SSSR count). The lowest BCUT2D eigenvalue weighted by Gasteiger charge is -2.20. The Hall–Kier alpha value is -1.88. The number of carbonyl (C=O) groups excluding carboxylic acids is 1. The van der Waals surface area contributed by atoms with Crippen molar-refractivity contribution >= 4 is 28.6 Å². The molecule has 1 unspecified atom stereocenters. The van der Waals surface area contributed by atoms with Crippen molar-refractivity contribution < 1.29 is 9.18 Å². The number of nitrogens with one attached hydrogen (secondary N) is 2. The average Bonchev–Trinajstić information content (AvgIpc) is 2.94. The number of amides is 1. The fraction of sp³-hybridized carbons (Fsp3) is 0.267. The first-order valence-corrected chi connectivity index (χ1v) is 7.43. The molecule has 2 heterocycles. The van der Waals surface area contributed by atoms with Crippen LogP contribution in [0, 0.1) is 5.82 Å². The van der Waals surface area contributed by atoms with Crippen LogP contribution in [0.3, 0.4) is 0 Å². The van der Waals surface area contributed by atoms with Crippen molar-refractivity contribution in [3.8, 4) is 0 Å². The number of thiophene rings is 1. The summed E-state index contributed by atoms with van der Waals surface area (Å²) in [6.45, 7) is 1.99. The van der Waals surface area contributed by atoms with Crippen LogP contribution in [0.15, 0.2) is 29.6 Å². The lowest BCUT2D eigenvalue weighted by molar-refractivity contribution is -0.116. The molecule has 104 valence electrons. The molecule has 0 fully saturated rings. The first kappa shape index (κ1) is 13.1. The number of rotatable bonds is 3. The highest BCUT2D eigenvalue weighted by molar-refractivity contribution is 7.10. The normalized spacial score (nSPS) is 15.4. The van der Waals surface area contributed by atoms with Crippen molar-refractivity contribution in [2.24, 2.45) is 0 Å². The number of carbonyl (C=O) groups is 1. The standard InChI is InChI=1S/C15H15FN2OS/c1-9(14-3-2-6-20-14)17-13-8-12-10(7-11(13)16)4-5-15(19)18-12/h2-3,6-9,17H,4-5H2,1H3,(H,18,19). The van der Waals surface area contributed by atoms with E-state index >= 15 is 0 Å². The minimum absolute atomic E-state index is 0.0126. The second kappa shape index (κ2) is 5.25. The zero-order chi connectivity index (χ0) is 14.1. The van der Waals surface area contributed by atoms with Crippen LogP contribution in [-0.4, -0.2) is 5.91 Å². The van der Waals surface area contributed by atoms with Gasteiger partial charge in [0.05, 0.1) is 11.7 Å². The van der Waals surface area contributed by atoms with Crippen molar-refractivity contribution in [1.82, 2.24) is 0 Å². The molecule has 0 saturated carbocycles. The highest BCUT2D eigenvalue weighted by atomic mass is 32.1. The van der Waals surface area contributed by atoms with E-state index in [1.54, 1.807) is 17.4 Å². The highest BCUT2D eigenvalue weighted by Crippen LogP contribution is 2.31. The van der Waals surface area contributed by atoms with E-state index in [0.717, 1.165) is 10.4 Å². The van der Waals surface area contributed by atoms with Crippen LogP contribution in [0.2, 0.25) is 0 Å². The van der Waals surface area contributed by atoms with Crippen molar-refractivity contribution in [1.29, 1.82) is 0 Å². The summed E-state index contributed by atoms with van der Waals surface area (Å²) >= 11 is 1.63. The van der Waals surface area contributed by atoms with Gasteiger partial charge in [-0.2, -0.15) is 0 Å². The molecule has 0 aliphatic carbocycles. The molecule has 0 radical (unpaired) electrons. The third-order valence-corrected chi connectivity index (χ3v) is 4.49. The third-order valence-electron chi connectivity index (χ3n) is 3.43. The number of benzene rings is 1. The molecule has 3 nitrogen and oxygen atoms in total. The Kier molecular flexibility index (Phi) is 3.44. The zero-order valence-corrected chi connectivity index (χ0v) is 11.9. The minimum atomic E-state index is -0.275. The first-order chi connectivity index (χ1) is 9.63. The van der Waals surface area contributed by atoms with Gasteiger partial charge >= 0.3 is 0 Å². The number of hydrogen-bond acceptors (Lipinski definition) is 3. The van der Waals surface area contributed by atoms with Crippen LogP contribution in [0.25, 0.3) is 0 Å². The quantitative estimate of drug-likeness (QED) is 0.898. The predicted molar refractivity (Wildman–Crippen MR) is 79.7 cm³/mol. The van der Waals surface area contributed by atoms with E-state index in [2.05, 4.69) is 10.6 Å². The van der Waals surface area contributed by atoms with Crippen LogP contribution in [0.5, 0.6) is 0 Å². The fourth-order valence-corrected chi connectivity index (χ4v) is 3.09. The van der Waals surface area contributed by atoms with Gasteiger partial charge in [-0.3, -0.25) is 4.79 Å². The molecular weight excluding hydrogens is 275 g/mol. The second-order valence-electron chi connectivity index (χ2n) is 4.92. The maximum Gasteiger partial charge on any atom is 0.224 e. The summed E-state index contributed by atoms with van der Waals surface area (Å²) in [5.74, 6) is -0.287. The molecule has 2 aromatic rings. The van der Waals surface area contributed by atoms with E-state index in [1.807, 2.05) is 24.4 Å². The van der Waals surface area contributed by atoms with Gasteiger partial charge in [0.2, 0.25) is 5.91 Å². The first-order valence-electron chi connectivity index (χ1n) is 6.55. The summed E-state index contributed by atoms with van der Waals surface area (Å²) < 4.78 is 14.1. The summed E-state index contributed by atoms with van der Waals surface area (Å²) in [6, 6.07) is 7.22. The summed E-state index contributed by atoms with van der Waals surface area (Å²) in [5, 5.41) is 7.95. The van der Waals surface area contributed by atoms with E-state index in [9.17, 15) is 9.18 Å². The van der Waals surface area contributed by atoms with Crippen LogP contribution in [0.4, 0.5) is 15.8 Å². The molecule has 20 heavy (non-hydrogen) atoms. The Balaban J connectivity index is 1.86. The van der Waals surface area contributed by atoms with Crippen molar-refractivity contribution in [3.63, 3.8) is 0 Å². The highest BCUT2D eigenvalue weighted by Gasteiger charge is 2.18. The molecular formula is C15H15FN2OS. The number of hydrogen-bond donors (Lipinski definition) is 2. The van der Waals surface area contributed by atoms with Crippen molar-refractivity contribution in [2.45, 2.75) is 25.8 Å². The number of anilines is 2. The van der Waals surface area contributed by atoms with Gasteiger partial charge in [-0.05, 0) is 42.5 Å². The fourth-order valence-electron chi connectivity index (χ4n) is 2.35. The van der Waals surface area contributed by atoms with E-state index in [0.29, 0.717) is 24.2 Å².